The Hall–Kier alpha value is -1.43. The van der Waals surface area contributed by atoms with Gasteiger partial charge in [-0.2, -0.15) is 0 Å². The molecule has 0 spiro atoms. The number of carbonyl (C=O) groups excluding carboxylic acids is 1. The maximum absolute atomic E-state index is 11.4. The van der Waals surface area contributed by atoms with Crippen LogP contribution in [-0.2, 0) is 20.8 Å². The molecule has 3 rings (SSSR count). The standard InChI is InChI=1S/C18H26N2O3/c1-14(21)19-17-8-4-3-6-15(17)12-20-9-5-7-16(13-20)18(2)22-10-11-23-18/h3-4,6,8,16H,5,7,9-13H2,1-2H3,(H,19,21)/t16-/m1/s1. The summed E-state index contributed by atoms with van der Waals surface area (Å²) in [4.78, 5) is 13.8. The number of hydrogen-bond acceptors (Lipinski definition) is 4. The lowest BCUT2D eigenvalue weighted by molar-refractivity contribution is -0.192. The smallest absolute Gasteiger partial charge is 0.221 e. The summed E-state index contributed by atoms with van der Waals surface area (Å²) in [6, 6.07) is 8.02. The third kappa shape index (κ3) is 3.91. The number of rotatable bonds is 4. The van der Waals surface area contributed by atoms with Crippen molar-refractivity contribution in [3.63, 3.8) is 0 Å². The van der Waals surface area contributed by atoms with Crippen LogP contribution in [0.25, 0.3) is 0 Å². The van der Waals surface area contributed by atoms with Crippen molar-refractivity contribution in [2.45, 2.75) is 39.0 Å². The number of likely N-dealkylation sites (tertiary alicyclic amines) is 1. The SMILES string of the molecule is CC(=O)Nc1ccccc1CN1CCC[C@@H](C2(C)OCCO2)C1. The van der Waals surface area contributed by atoms with E-state index >= 15 is 0 Å². The topological polar surface area (TPSA) is 50.8 Å². The number of anilines is 1. The number of para-hydroxylation sites is 1. The molecule has 5 heteroatoms. The van der Waals surface area contributed by atoms with Crippen LogP contribution in [0.5, 0.6) is 0 Å². The Bertz CT molecular complexity index is 555. The average Bonchev–Trinajstić information content (AvgIpc) is 2.97. The lowest BCUT2D eigenvalue weighted by Gasteiger charge is -2.40. The summed E-state index contributed by atoms with van der Waals surface area (Å²) in [6.07, 6.45) is 2.29. The number of amides is 1. The van der Waals surface area contributed by atoms with Gasteiger partial charge in [0.25, 0.3) is 0 Å². The van der Waals surface area contributed by atoms with E-state index in [9.17, 15) is 4.79 Å². The molecule has 0 radical (unpaired) electrons. The van der Waals surface area contributed by atoms with Gasteiger partial charge in [-0.15, -0.1) is 0 Å². The summed E-state index contributed by atoms with van der Waals surface area (Å²) in [5.41, 5.74) is 2.06. The molecule has 126 valence electrons. The van der Waals surface area contributed by atoms with Gasteiger partial charge in [0.15, 0.2) is 5.79 Å². The Morgan fingerprint density at radius 1 is 1.35 bits per heavy atom. The summed E-state index contributed by atoms with van der Waals surface area (Å²) in [7, 11) is 0. The van der Waals surface area contributed by atoms with Crippen LogP contribution in [0, 0.1) is 5.92 Å². The number of hydrogen-bond donors (Lipinski definition) is 1. The predicted molar refractivity (Wildman–Crippen MR) is 89.1 cm³/mol. The molecule has 0 bridgehead atoms. The van der Waals surface area contributed by atoms with Gasteiger partial charge in [-0.05, 0) is 37.9 Å². The zero-order chi connectivity index (χ0) is 16.3. The lowest BCUT2D eigenvalue weighted by Crippen LogP contribution is -2.46. The number of nitrogens with one attached hydrogen (secondary N) is 1. The molecule has 2 aliphatic heterocycles. The van der Waals surface area contributed by atoms with Crippen LogP contribution < -0.4 is 5.32 Å². The molecule has 2 saturated heterocycles. The van der Waals surface area contributed by atoms with E-state index in [1.807, 2.05) is 18.2 Å². The fourth-order valence-electron chi connectivity index (χ4n) is 3.60. The number of carbonyl (C=O) groups is 1. The van der Waals surface area contributed by atoms with Crippen molar-refractivity contribution in [2.75, 3.05) is 31.6 Å². The van der Waals surface area contributed by atoms with Crippen molar-refractivity contribution in [2.24, 2.45) is 5.92 Å². The Balaban J connectivity index is 1.67. The molecule has 0 unspecified atom stereocenters. The number of piperidine rings is 1. The second-order valence-electron chi connectivity index (χ2n) is 6.63. The minimum atomic E-state index is -0.435. The van der Waals surface area contributed by atoms with Gasteiger partial charge in [-0.1, -0.05) is 18.2 Å². The van der Waals surface area contributed by atoms with Crippen molar-refractivity contribution in [1.29, 1.82) is 0 Å². The van der Waals surface area contributed by atoms with E-state index < -0.39 is 5.79 Å². The minimum absolute atomic E-state index is 0.0331. The highest BCUT2D eigenvalue weighted by Gasteiger charge is 2.41. The number of ether oxygens (including phenoxy) is 2. The largest absolute Gasteiger partial charge is 0.347 e. The zero-order valence-electron chi connectivity index (χ0n) is 14.0. The number of benzene rings is 1. The maximum Gasteiger partial charge on any atom is 0.221 e. The molecule has 23 heavy (non-hydrogen) atoms. The Morgan fingerprint density at radius 2 is 2.09 bits per heavy atom. The summed E-state index contributed by atoms with van der Waals surface area (Å²) in [5, 5.41) is 2.92. The van der Waals surface area contributed by atoms with Crippen LogP contribution in [-0.4, -0.2) is 42.9 Å². The van der Waals surface area contributed by atoms with Crippen molar-refractivity contribution in [3.05, 3.63) is 29.8 Å². The van der Waals surface area contributed by atoms with E-state index in [2.05, 4.69) is 23.2 Å². The quantitative estimate of drug-likeness (QED) is 0.927. The fourth-order valence-corrected chi connectivity index (χ4v) is 3.60. The highest BCUT2D eigenvalue weighted by atomic mass is 16.7. The maximum atomic E-state index is 11.4. The molecule has 5 nitrogen and oxygen atoms in total. The van der Waals surface area contributed by atoms with E-state index in [1.54, 1.807) is 6.92 Å². The second kappa shape index (κ2) is 6.99. The third-order valence-electron chi connectivity index (χ3n) is 4.83. The van der Waals surface area contributed by atoms with Gasteiger partial charge in [-0.25, -0.2) is 0 Å². The second-order valence-corrected chi connectivity index (χ2v) is 6.63. The molecule has 1 atom stereocenters. The third-order valence-corrected chi connectivity index (χ3v) is 4.83. The summed E-state index contributed by atoms with van der Waals surface area (Å²) in [6.45, 7) is 7.87. The first-order valence-electron chi connectivity index (χ1n) is 8.42. The molecule has 0 aliphatic carbocycles. The molecule has 1 N–H and O–H groups in total. The average molecular weight is 318 g/mol. The Morgan fingerprint density at radius 3 is 2.83 bits per heavy atom. The molecule has 0 aromatic heterocycles. The van der Waals surface area contributed by atoms with Gasteiger partial charge in [0, 0.05) is 31.6 Å². The van der Waals surface area contributed by atoms with Crippen molar-refractivity contribution < 1.29 is 14.3 Å². The van der Waals surface area contributed by atoms with Crippen LogP contribution in [0.15, 0.2) is 24.3 Å². The molecule has 2 heterocycles. The molecule has 1 aromatic carbocycles. The first-order chi connectivity index (χ1) is 11.1. The van der Waals surface area contributed by atoms with Crippen LogP contribution in [0.3, 0.4) is 0 Å². The van der Waals surface area contributed by atoms with Gasteiger partial charge >= 0.3 is 0 Å². The molecular formula is C18H26N2O3. The number of nitrogens with zero attached hydrogens (tertiary/aromatic N) is 1. The summed E-state index contributed by atoms with van der Waals surface area (Å²) >= 11 is 0. The first kappa shape index (κ1) is 16.4. The van der Waals surface area contributed by atoms with Gasteiger partial charge < -0.3 is 14.8 Å². The van der Waals surface area contributed by atoms with Gasteiger partial charge in [-0.3, -0.25) is 9.69 Å². The highest BCUT2D eigenvalue weighted by Crippen LogP contribution is 2.34. The first-order valence-corrected chi connectivity index (χ1v) is 8.42. The van der Waals surface area contributed by atoms with E-state index in [0.717, 1.165) is 43.7 Å². The van der Waals surface area contributed by atoms with Crippen molar-refractivity contribution in [1.82, 2.24) is 4.90 Å². The monoisotopic (exact) mass is 318 g/mol. The van der Waals surface area contributed by atoms with Crippen LogP contribution >= 0.6 is 0 Å². The molecule has 1 amide bonds. The lowest BCUT2D eigenvalue weighted by atomic mass is 9.90. The van der Waals surface area contributed by atoms with Crippen molar-refractivity contribution >= 4 is 11.6 Å². The normalized spacial score (nSPS) is 24.5. The molecule has 0 saturated carbocycles. The summed E-state index contributed by atoms with van der Waals surface area (Å²) in [5.74, 6) is -0.0727. The molecular weight excluding hydrogens is 292 g/mol. The van der Waals surface area contributed by atoms with E-state index in [-0.39, 0.29) is 5.91 Å². The zero-order valence-corrected chi connectivity index (χ0v) is 14.0. The van der Waals surface area contributed by atoms with E-state index in [1.165, 1.54) is 0 Å². The van der Waals surface area contributed by atoms with Gasteiger partial charge in [0.05, 0.1) is 13.2 Å². The Labute approximate surface area is 137 Å². The van der Waals surface area contributed by atoms with Gasteiger partial charge in [0.2, 0.25) is 5.91 Å². The predicted octanol–water partition coefficient (Wildman–Crippen LogP) is 2.62. The van der Waals surface area contributed by atoms with E-state index in [4.69, 9.17) is 9.47 Å². The fraction of sp³-hybridized carbons (Fsp3) is 0.611. The molecule has 2 aliphatic rings. The van der Waals surface area contributed by atoms with Crippen LogP contribution in [0.2, 0.25) is 0 Å². The van der Waals surface area contributed by atoms with Crippen molar-refractivity contribution in [3.8, 4) is 0 Å². The molecule has 1 aromatic rings. The molecule has 2 fully saturated rings. The minimum Gasteiger partial charge on any atom is -0.347 e. The summed E-state index contributed by atoms with van der Waals surface area (Å²) < 4.78 is 11.7. The van der Waals surface area contributed by atoms with Crippen LogP contribution in [0.4, 0.5) is 5.69 Å². The van der Waals surface area contributed by atoms with Crippen LogP contribution in [0.1, 0.15) is 32.3 Å². The van der Waals surface area contributed by atoms with Gasteiger partial charge in [0.1, 0.15) is 0 Å². The highest BCUT2D eigenvalue weighted by molar-refractivity contribution is 5.89. The Kier molecular flexibility index (Phi) is 4.99. The van der Waals surface area contributed by atoms with E-state index in [0.29, 0.717) is 19.1 Å².